The molecule has 0 unspecified atom stereocenters. The van der Waals surface area contributed by atoms with Crippen molar-refractivity contribution < 1.29 is 28.2 Å². The van der Waals surface area contributed by atoms with Crippen LogP contribution in [0.5, 0.6) is 11.5 Å². The first-order valence-corrected chi connectivity index (χ1v) is 10.1. The van der Waals surface area contributed by atoms with Gasteiger partial charge in [-0.2, -0.15) is 0 Å². The van der Waals surface area contributed by atoms with E-state index < -0.39 is 32.9 Å². The van der Waals surface area contributed by atoms with Gasteiger partial charge in [0, 0.05) is 4.47 Å². The first kappa shape index (κ1) is 21.0. The Bertz CT molecular complexity index is 996. The van der Waals surface area contributed by atoms with Gasteiger partial charge in [-0.05, 0) is 41.3 Å². The number of anilines is 1. The number of carbonyl (C=O) groups is 1. The number of methoxy groups -OCH3 is 1. The van der Waals surface area contributed by atoms with Crippen LogP contribution >= 0.6 is 15.9 Å². The second-order valence-electron chi connectivity index (χ2n) is 6.88. The van der Waals surface area contributed by atoms with Crippen LogP contribution in [0.1, 0.15) is 36.7 Å². The van der Waals surface area contributed by atoms with Crippen LogP contribution in [0.2, 0.25) is 0 Å². The van der Waals surface area contributed by atoms with Crippen molar-refractivity contribution in [3.05, 3.63) is 45.9 Å². The first-order chi connectivity index (χ1) is 12.4. The van der Waals surface area contributed by atoms with Crippen molar-refractivity contribution in [2.24, 2.45) is 0 Å². The van der Waals surface area contributed by atoms with E-state index in [4.69, 9.17) is 0 Å². The zero-order chi connectivity index (χ0) is 20.6. The molecule has 0 saturated heterocycles. The van der Waals surface area contributed by atoms with Crippen LogP contribution in [-0.2, 0) is 20.2 Å². The topological polar surface area (TPSA) is 113 Å². The van der Waals surface area contributed by atoms with Crippen molar-refractivity contribution in [2.75, 3.05) is 11.8 Å². The number of aromatic hydroxyl groups is 2. The number of halogens is 1. The molecule has 0 aliphatic carbocycles. The fourth-order valence-corrected chi connectivity index (χ4v) is 4.01. The molecule has 146 valence electrons. The lowest BCUT2D eigenvalue weighted by molar-refractivity contribution is 0.0597. The number of benzene rings is 2. The largest absolute Gasteiger partial charge is 0.507 e. The Balaban J connectivity index is 2.64. The van der Waals surface area contributed by atoms with Gasteiger partial charge in [0.2, 0.25) is 0 Å². The predicted molar refractivity (Wildman–Crippen MR) is 105 cm³/mol. The van der Waals surface area contributed by atoms with Crippen LogP contribution in [0.15, 0.2) is 39.7 Å². The molecular formula is C18H20BrNO6S. The molecule has 0 fully saturated rings. The summed E-state index contributed by atoms with van der Waals surface area (Å²) in [7, 11) is -3.08. The molecule has 0 atom stereocenters. The lowest BCUT2D eigenvalue weighted by Crippen LogP contribution is -2.17. The van der Waals surface area contributed by atoms with Crippen LogP contribution < -0.4 is 4.72 Å². The first-order valence-electron chi connectivity index (χ1n) is 7.84. The molecule has 2 aromatic carbocycles. The van der Waals surface area contributed by atoms with E-state index in [1.807, 2.05) is 20.8 Å². The minimum atomic E-state index is -4.24. The number of rotatable bonds is 4. The van der Waals surface area contributed by atoms with Gasteiger partial charge in [0.05, 0.1) is 12.8 Å². The molecule has 7 nitrogen and oxygen atoms in total. The maximum absolute atomic E-state index is 12.7. The molecule has 0 amide bonds. The third kappa shape index (κ3) is 4.54. The van der Waals surface area contributed by atoms with Gasteiger partial charge in [-0.15, -0.1) is 0 Å². The van der Waals surface area contributed by atoms with Gasteiger partial charge >= 0.3 is 5.97 Å². The van der Waals surface area contributed by atoms with E-state index in [0.717, 1.165) is 7.11 Å². The average Bonchev–Trinajstić information content (AvgIpc) is 2.56. The summed E-state index contributed by atoms with van der Waals surface area (Å²) in [4.78, 5) is 11.6. The molecule has 0 aliphatic heterocycles. The third-order valence-electron chi connectivity index (χ3n) is 3.84. The van der Waals surface area contributed by atoms with E-state index in [-0.39, 0.29) is 16.1 Å². The second-order valence-corrected chi connectivity index (χ2v) is 9.45. The van der Waals surface area contributed by atoms with E-state index in [1.54, 1.807) is 0 Å². The van der Waals surface area contributed by atoms with Crippen LogP contribution in [0.25, 0.3) is 0 Å². The Morgan fingerprint density at radius 3 is 2.33 bits per heavy atom. The van der Waals surface area contributed by atoms with Gasteiger partial charge < -0.3 is 14.9 Å². The quantitative estimate of drug-likeness (QED) is 0.475. The SMILES string of the molecule is COC(=O)c1cc(C(C)(C)C)cc(NS(=O)(=O)c2cc(Br)ccc2O)c1O. The molecule has 9 heteroatoms. The number of nitrogens with one attached hydrogen (secondary N) is 1. The molecule has 2 aromatic rings. The minimum absolute atomic E-state index is 0.166. The van der Waals surface area contributed by atoms with Crippen molar-refractivity contribution >= 4 is 37.6 Å². The smallest absolute Gasteiger partial charge is 0.341 e. The summed E-state index contributed by atoms with van der Waals surface area (Å²) in [6.07, 6.45) is 0. The number of hydrogen-bond acceptors (Lipinski definition) is 6. The standard InChI is InChI=1S/C18H20BrNO6S/c1-18(2,3)10-7-12(17(23)26-4)16(22)13(8-10)20-27(24,25)15-9-11(19)5-6-14(15)21/h5-9,20-22H,1-4H3. The number of hydrogen-bond donors (Lipinski definition) is 3. The van der Waals surface area contributed by atoms with Crippen molar-refractivity contribution in [1.29, 1.82) is 0 Å². The highest BCUT2D eigenvalue weighted by atomic mass is 79.9. The zero-order valence-corrected chi connectivity index (χ0v) is 17.6. The number of ether oxygens (including phenoxy) is 1. The summed E-state index contributed by atoms with van der Waals surface area (Å²) in [5.74, 6) is -1.82. The zero-order valence-electron chi connectivity index (χ0n) is 15.2. The van der Waals surface area contributed by atoms with Crippen molar-refractivity contribution in [1.82, 2.24) is 0 Å². The second kappa shape index (κ2) is 7.40. The normalized spacial score (nSPS) is 11.9. The maximum atomic E-state index is 12.7. The summed E-state index contributed by atoms with van der Waals surface area (Å²) >= 11 is 3.15. The Kier molecular flexibility index (Phi) is 5.77. The predicted octanol–water partition coefficient (Wildman–Crippen LogP) is 3.75. The highest BCUT2D eigenvalue weighted by Gasteiger charge is 2.26. The minimum Gasteiger partial charge on any atom is -0.507 e. The van der Waals surface area contributed by atoms with Gasteiger partial charge in [-0.25, -0.2) is 13.2 Å². The van der Waals surface area contributed by atoms with Gasteiger partial charge in [-0.1, -0.05) is 36.7 Å². The number of phenols is 2. The monoisotopic (exact) mass is 457 g/mol. The van der Waals surface area contributed by atoms with Gasteiger partial charge in [0.25, 0.3) is 10.0 Å². The summed E-state index contributed by atoms with van der Waals surface area (Å²) in [6.45, 7) is 5.62. The number of phenolic OH excluding ortho intramolecular Hbond substituents is 2. The van der Waals surface area contributed by atoms with Crippen LogP contribution in [0.4, 0.5) is 5.69 Å². The summed E-state index contributed by atoms with van der Waals surface area (Å²) in [6, 6.07) is 6.83. The Hall–Kier alpha value is -2.26. The van der Waals surface area contributed by atoms with Crippen LogP contribution in [-0.4, -0.2) is 31.7 Å². The van der Waals surface area contributed by atoms with E-state index in [0.29, 0.717) is 10.0 Å². The van der Waals surface area contributed by atoms with Crippen molar-refractivity contribution in [3.63, 3.8) is 0 Å². The van der Waals surface area contributed by atoms with E-state index in [1.165, 1.54) is 30.3 Å². The molecule has 0 heterocycles. The summed E-state index contributed by atoms with van der Waals surface area (Å²) < 4.78 is 32.8. The third-order valence-corrected chi connectivity index (χ3v) is 5.72. The lowest BCUT2D eigenvalue weighted by atomic mass is 9.85. The summed E-state index contributed by atoms with van der Waals surface area (Å²) in [5, 5.41) is 20.3. The van der Waals surface area contributed by atoms with Gasteiger partial charge in [-0.3, -0.25) is 4.72 Å². The number of carbonyl (C=O) groups excluding carboxylic acids is 1. The van der Waals surface area contributed by atoms with Crippen LogP contribution in [0, 0.1) is 0 Å². The lowest BCUT2D eigenvalue weighted by Gasteiger charge is -2.22. The Morgan fingerprint density at radius 1 is 1.15 bits per heavy atom. The molecule has 0 bridgehead atoms. The number of esters is 1. The van der Waals surface area contributed by atoms with E-state index >= 15 is 0 Å². The average molecular weight is 458 g/mol. The molecule has 0 aromatic heterocycles. The molecule has 27 heavy (non-hydrogen) atoms. The Labute approximate surface area is 166 Å². The fraction of sp³-hybridized carbons (Fsp3) is 0.278. The van der Waals surface area contributed by atoms with Gasteiger partial charge in [0.15, 0.2) is 5.75 Å². The van der Waals surface area contributed by atoms with E-state index in [2.05, 4.69) is 25.4 Å². The molecule has 3 N–H and O–H groups in total. The number of sulfonamides is 1. The molecule has 0 saturated carbocycles. The van der Waals surface area contributed by atoms with Crippen LogP contribution in [0.3, 0.4) is 0 Å². The molecule has 2 rings (SSSR count). The molecular weight excluding hydrogens is 438 g/mol. The van der Waals surface area contributed by atoms with E-state index in [9.17, 15) is 23.4 Å². The molecule has 0 radical (unpaired) electrons. The molecule has 0 aliphatic rings. The Morgan fingerprint density at radius 2 is 1.78 bits per heavy atom. The molecule has 0 spiro atoms. The maximum Gasteiger partial charge on any atom is 0.341 e. The summed E-state index contributed by atoms with van der Waals surface area (Å²) in [5.41, 5.74) is -0.186. The van der Waals surface area contributed by atoms with Gasteiger partial charge in [0.1, 0.15) is 16.2 Å². The van der Waals surface area contributed by atoms with Crippen molar-refractivity contribution in [3.8, 4) is 11.5 Å². The highest BCUT2D eigenvalue weighted by molar-refractivity contribution is 9.10. The fourth-order valence-electron chi connectivity index (χ4n) is 2.31. The van der Waals surface area contributed by atoms with Crippen molar-refractivity contribution in [2.45, 2.75) is 31.1 Å². The highest BCUT2D eigenvalue weighted by Crippen LogP contribution is 2.37.